The summed E-state index contributed by atoms with van der Waals surface area (Å²) in [4.78, 5) is 26.2. The SMILES string of the molecule is O=C(NCc1cccc(Cl)c1)C1CC(O)CN1C(=O)Cc1nn[nH]n1. The van der Waals surface area contributed by atoms with E-state index in [0.29, 0.717) is 11.6 Å². The molecule has 1 saturated heterocycles. The number of amides is 2. The van der Waals surface area contributed by atoms with Crippen LogP contribution in [0.2, 0.25) is 5.02 Å². The highest BCUT2D eigenvalue weighted by molar-refractivity contribution is 6.30. The van der Waals surface area contributed by atoms with Gasteiger partial charge in [-0.05, 0) is 17.7 Å². The van der Waals surface area contributed by atoms with E-state index in [2.05, 4.69) is 25.9 Å². The van der Waals surface area contributed by atoms with Gasteiger partial charge in [-0.25, -0.2) is 0 Å². The number of hydrogen-bond acceptors (Lipinski definition) is 6. The number of likely N-dealkylation sites (tertiary alicyclic amines) is 1. The van der Waals surface area contributed by atoms with E-state index in [0.717, 1.165) is 5.56 Å². The maximum Gasteiger partial charge on any atom is 0.243 e. The third-order valence-corrected chi connectivity index (χ3v) is 4.19. The van der Waals surface area contributed by atoms with Crippen LogP contribution in [0.4, 0.5) is 0 Å². The van der Waals surface area contributed by atoms with E-state index in [1.165, 1.54) is 4.90 Å². The van der Waals surface area contributed by atoms with Crippen LogP contribution in [0.5, 0.6) is 0 Å². The fourth-order valence-corrected chi connectivity index (χ4v) is 3.00. The Bertz CT molecular complexity index is 753. The zero-order chi connectivity index (χ0) is 17.8. The quantitative estimate of drug-likeness (QED) is 0.667. The average molecular weight is 365 g/mol. The van der Waals surface area contributed by atoms with Crippen molar-refractivity contribution in [1.29, 1.82) is 0 Å². The van der Waals surface area contributed by atoms with Gasteiger partial charge in [-0.15, -0.1) is 10.2 Å². The Morgan fingerprint density at radius 3 is 3.00 bits per heavy atom. The first-order valence-corrected chi connectivity index (χ1v) is 8.12. The zero-order valence-corrected chi connectivity index (χ0v) is 14.0. The number of aliphatic hydroxyl groups excluding tert-OH is 1. The molecule has 0 spiro atoms. The van der Waals surface area contributed by atoms with Crippen molar-refractivity contribution in [2.75, 3.05) is 6.54 Å². The Balaban J connectivity index is 1.62. The summed E-state index contributed by atoms with van der Waals surface area (Å²) in [6, 6.07) is 6.41. The second kappa shape index (κ2) is 7.58. The first-order valence-electron chi connectivity index (χ1n) is 7.75. The molecule has 2 aromatic rings. The molecule has 1 aliphatic rings. The molecule has 0 saturated carbocycles. The predicted octanol–water partition coefficient (Wildman–Crippen LogP) is -0.326. The second-order valence-corrected chi connectivity index (χ2v) is 6.24. The van der Waals surface area contributed by atoms with Gasteiger partial charge in [0.15, 0.2) is 5.82 Å². The van der Waals surface area contributed by atoms with E-state index in [9.17, 15) is 14.7 Å². The molecule has 132 valence electrons. The maximum atomic E-state index is 12.5. The molecule has 0 aliphatic carbocycles. The number of H-pyrrole nitrogens is 1. The molecule has 1 fully saturated rings. The molecule has 1 aliphatic heterocycles. The number of carbonyl (C=O) groups excluding carboxylic acids is 2. The summed E-state index contributed by atoms with van der Waals surface area (Å²) in [5.74, 6) is -0.414. The van der Waals surface area contributed by atoms with Gasteiger partial charge in [0, 0.05) is 24.5 Å². The van der Waals surface area contributed by atoms with Crippen LogP contribution in [0.25, 0.3) is 0 Å². The Hall–Kier alpha value is -2.52. The highest BCUT2D eigenvalue weighted by Gasteiger charge is 2.38. The number of β-amino-alcohol motifs (C(OH)–C–C–N with tert-alkyl or cyclic N) is 1. The third-order valence-electron chi connectivity index (χ3n) is 3.96. The Kier molecular flexibility index (Phi) is 5.25. The van der Waals surface area contributed by atoms with Gasteiger partial charge in [0.25, 0.3) is 0 Å². The highest BCUT2D eigenvalue weighted by Crippen LogP contribution is 2.19. The normalized spacial score (nSPS) is 19.8. The zero-order valence-electron chi connectivity index (χ0n) is 13.2. The van der Waals surface area contributed by atoms with E-state index in [1.54, 1.807) is 18.2 Å². The van der Waals surface area contributed by atoms with Crippen LogP contribution in [0.15, 0.2) is 24.3 Å². The molecule has 2 amide bonds. The summed E-state index contributed by atoms with van der Waals surface area (Å²) in [5, 5.41) is 26.4. The molecule has 2 heterocycles. The fraction of sp³-hybridized carbons (Fsp3) is 0.400. The molecule has 3 N–H and O–H groups in total. The molecular weight excluding hydrogens is 348 g/mol. The van der Waals surface area contributed by atoms with E-state index in [1.807, 2.05) is 6.07 Å². The van der Waals surface area contributed by atoms with Crippen molar-refractivity contribution in [3.8, 4) is 0 Å². The van der Waals surface area contributed by atoms with E-state index < -0.39 is 12.1 Å². The standard InChI is InChI=1S/C15H17ClN6O3/c16-10-3-1-2-9(4-10)7-17-15(25)12-5-11(23)8-22(12)14(24)6-13-18-20-21-19-13/h1-4,11-12,23H,5-8H2,(H,17,25)(H,18,19,20,21). The lowest BCUT2D eigenvalue weighted by molar-refractivity contribution is -0.138. The van der Waals surface area contributed by atoms with Crippen LogP contribution >= 0.6 is 11.6 Å². The van der Waals surface area contributed by atoms with Crippen molar-refractivity contribution >= 4 is 23.4 Å². The Morgan fingerprint density at radius 1 is 1.44 bits per heavy atom. The van der Waals surface area contributed by atoms with Crippen LogP contribution < -0.4 is 5.32 Å². The van der Waals surface area contributed by atoms with Crippen LogP contribution in [-0.2, 0) is 22.6 Å². The third kappa shape index (κ3) is 4.31. The number of halogens is 1. The summed E-state index contributed by atoms with van der Waals surface area (Å²) in [5.41, 5.74) is 0.851. The molecule has 1 aromatic carbocycles. The number of tetrazole rings is 1. The first-order chi connectivity index (χ1) is 12.0. The van der Waals surface area contributed by atoms with Crippen molar-refractivity contribution in [3.63, 3.8) is 0 Å². The van der Waals surface area contributed by atoms with Gasteiger partial charge in [-0.1, -0.05) is 28.9 Å². The second-order valence-electron chi connectivity index (χ2n) is 5.80. The van der Waals surface area contributed by atoms with Crippen LogP contribution in [0.1, 0.15) is 17.8 Å². The van der Waals surface area contributed by atoms with E-state index >= 15 is 0 Å². The molecule has 3 rings (SSSR count). The Labute approximate surface area is 148 Å². The van der Waals surface area contributed by atoms with Crippen molar-refractivity contribution in [2.45, 2.75) is 31.5 Å². The summed E-state index contributed by atoms with van der Waals surface area (Å²) in [7, 11) is 0. The van der Waals surface area contributed by atoms with Crippen LogP contribution in [-0.4, -0.2) is 61.1 Å². The largest absolute Gasteiger partial charge is 0.391 e. The van der Waals surface area contributed by atoms with E-state index in [4.69, 9.17) is 11.6 Å². The molecule has 10 heteroatoms. The summed E-state index contributed by atoms with van der Waals surface area (Å²) in [6.45, 7) is 0.394. The number of hydrogen-bond donors (Lipinski definition) is 3. The van der Waals surface area contributed by atoms with Crippen molar-refractivity contribution < 1.29 is 14.7 Å². The molecule has 2 atom stereocenters. The van der Waals surface area contributed by atoms with Crippen molar-refractivity contribution in [1.82, 2.24) is 30.8 Å². The number of rotatable bonds is 5. The number of aromatic nitrogens is 4. The fourth-order valence-electron chi connectivity index (χ4n) is 2.79. The summed E-state index contributed by atoms with van der Waals surface area (Å²) in [6.07, 6.45) is -0.628. The van der Waals surface area contributed by atoms with Gasteiger partial charge in [0.2, 0.25) is 11.8 Å². The van der Waals surface area contributed by atoms with Crippen molar-refractivity contribution in [2.24, 2.45) is 0 Å². The maximum absolute atomic E-state index is 12.5. The number of nitrogens with zero attached hydrogens (tertiary/aromatic N) is 4. The molecular formula is C15H17ClN6O3. The monoisotopic (exact) mass is 364 g/mol. The van der Waals surface area contributed by atoms with Crippen LogP contribution in [0.3, 0.4) is 0 Å². The molecule has 9 nitrogen and oxygen atoms in total. The van der Waals surface area contributed by atoms with Gasteiger partial charge >= 0.3 is 0 Å². The van der Waals surface area contributed by atoms with Crippen molar-refractivity contribution in [3.05, 3.63) is 40.7 Å². The summed E-state index contributed by atoms with van der Waals surface area (Å²) >= 11 is 5.92. The molecule has 0 bridgehead atoms. The number of aromatic amines is 1. The van der Waals surface area contributed by atoms with Crippen LogP contribution in [0, 0.1) is 0 Å². The molecule has 0 radical (unpaired) electrons. The lowest BCUT2D eigenvalue weighted by Gasteiger charge is -2.23. The number of nitrogens with one attached hydrogen (secondary N) is 2. The molecule has 25 heavy (non-hydrogen) atoms. The van der Waals surface area contributed by atoms with E-state index in [-0.39, 0.29) is 37.0 Å². The molecule has 1 aromatic heterocycles. The van der Waals surface area contributed by atoms with Gasteiger partial charge < -0.3 is 15.3 Å². The predicted molar refractivity (Wildman–Crippen MR) is 87.3 cm³/mol. The topological polar surface area (TPSA) is 124 Å². The minimum atomic E-state index is -0.740. The van der Waals surface area contributed by atoms with Gasteiger partial charge in [0.05, 0.1) is 12.5 Å². The highest BCUT2D eigenvalue weighted by atomic mass is 35.5. The van der Waals surface area contributed by atoms with Gasteiger partial charge in [0.1, 0.15) is 6.04 Å². The van der Waals surface area contributed by atoms with Gasteiger partial charge in [-0.3, -0.25) is 9.59 Å². The van der Waals surface area contributed by atoms with Gasteiger partial charge in [-0.2, -0.15) is 5.21 Å². The number of aliphatic hydroxyl groups is 1. The first kappa shape index (κ1) is 17.3. The minimum Gasteiger partial charge on any atom is -0.391 e. The number of benzene rings is 1. The lowest BCUT2D eigenvalue weighted by atomic mass is 10.1. The smallest absolute Gasteiger partial charge is 0.243 e. The Morgan fingerprint density at radius 2 is 2.28 bits per heavy atom. The number of carbonyl (C=O) groups is 2. The lowest BCUT2D eigenvalue weighted by Crippen LogP contribution is -2.46. The minimum absolute atomic E-state index is 0.0821. The summed E-state index contributed by atoms with van der Waals surface area (Å²) < 4.78 is 0. The molecule has 2 unspecified atom stereocenters. The average Bonchev–Trinajstić information content (AvgIpc) is 3.22.